The van der Waals surface area contributed by atoms with Crippen LogP contribution in [0.3, 0.4) is 0 Å². The summed E-state index contributed by atoms with van der Waals surface area (Å²) in [6.45, 7) is 0. The molecule has 2 aromatic carbocycles. The number of rotatable bonds is 5. The van der Waals surface area contributed by atoms with E-state index in [1.165, 1.54) is 18.4 Å². The Morgan fingerprint density at radius 2 is 1.43 bits per heavy atom. The topological polar surface area (TPSA) is 46.2 Å². The van der Waals surface area contributed by atoms with Crippen LogP contribution in [0.4, 0.5) is 0 Å². The van der Waals surface area contributed by atoms with Gasteiger partial charge in [0.25, 0.3) is 0 Å². The van der Waals surface area contributed by atoms with Gasteiger partial charge in [0, 0.05) is 11.5 Å². The van der Waals surface area contributed by atoms with Crippen molar-refractivity contribution in [3.05, 3.63) is 47.0 Å². The number of para-hydroxylation sites is 1. The van der Waals surface area contributed by atoms with Crippen LogP contribution in [0, 0.1) is 0 Å². The van der Waals surface area contributed by atoms with Crippen LogP contribution in [0.25, 0.3) is 0 Å². The van der Waals surface area contributed by atoms with Crippen LogP contribution in [0.1, 0.15) is 54.4 Å². The molecule has 5 nitrogen and oxygen atoms in total. The van der Waals surface area contributed by atoms with E-state index >= 15 is 0 Å². The predicted molar refractivity (Wildman–Crippen MR) is 107 cm³/mol. The molecule has 0 aromatic heterocycles. The third-order valence-corrected chi connectivity index (χ3v) is 6.00. The van der Waals surface area contributed by atoms with Crippen LogP contribution >= 0.6 is 0 Å². The fourth-order valence-electron chi connectivity index (χ4n) is 4.68. The molecule has 0 spiro atoms. The van der Waals surface area contributed by atoms with Gasteiger partial charge in [-0.05, 0) is 42.2 Å². The molecule has 1 fully saturated rings. The molecule has 2 aliphatic rings. The minimum absolute atomic E-state index is 0.195. The Balaban J connectivity index is 1.90. The zero-order valence-corrected chi connectivity index (χ0v) is 17.0. The second-order valence-corrected chi connectivity index (χ2v) is 7.36. The second-order valence-electron chi connectivity index (χ2n) is 7.36. The summed E-state index contributed by atoms with van der Waals surface area (Å²) in [4.78, 5) is 0. The maximum Gasteiger partial charge on any atom is 0.166 e. The van der Waals surface area contributed by atoms with Crippen molar-refractivity contribution in [2.24, 2.45) is 0 Å². The molecule has 0 unspecified atom stereocenters. The van der Waals surface area contributed by atoms with Gasteiger partial charge in [-0.1, -0.05) is 25.0 Å². The van der Waals surface area contributed by atoms with Gasteiger partial charge in [0.2, 0.25) is 0 Å². The molecule has 0 saturated heterocycles. The van der Waals surface area contributed by atoms with Gasteiger partial charge >= 0.3 is 0 Å². The molecule has 2 aromatic rings. The zero-order valence-electron chi connectivity index (χ0n) is 17.0. The van der Waals surface area contributed by atoms with E-state index in [-0.39, 0.29) is 12.2 Å². The Morgan fingerprint density at radius 3 is 2.11 bits per heavy atom. The lowest BCUT2D eigenvalue weighted by Gasteiger charge is -2.42. The largest absolute Gasteiger partial charge is 0.493 e. The monoisotopic (exact) mass is 384 g/mol. The van der Waals surface area contributed by atoms with E-state index < -0.39 is 0 Å². The van der Waals surface area contributed by atoms with Crippen LogP contribution in [-0.4, -0.2) is 34.5 Å². The van der Waals surface area contributed by atoms with Crippen molar-refractivity contribution in [2.45, 2.75) is 43.8 Å². The first-order valence-electron chi connectivity index (χ1n) is 9.84. The highest BCUT2D eigenvalue weighted by Gasteiger charge is 2.40. The average molecular weight is 384 g/mol. The first-order chi connectivity index (χ1) is 13.7. The van der Waals surface area contributed by atoms with Gasteiger partial charge in [0.05, 0.1) is 34.5 Å². The lowest BCUT2D eigenvalue weighted by Crippen LogP contribution is -2.34. The lowest BCUT2D eigenvalue weighted by molar-refractivity contribution is -0.0399. The molecule has 5 heteroatoms. The third kappa shape index (κ3) is 3.08. The van der Waals surface area contributed by atoms with Crippen molar-refractivity contribution in [2.75, 3.05) is 28.4 Å². The lowest BCUT2D eigenvalue weighted by atomic mass is 9.75. The summed E-state index contributed by atoms with van der Waals surface area (Å²) in [5, 5.41) is 0. The normalized spacial score (nSPS) is 23.4. The molecule has 28 heavy (non-hydrogen) atoms. The molecule has 0 N–H and O–H groups in total. The Morgan fingerprint density at radius 1 is 0.750 bits per heavy atom. The van der Waals surface area contributed by atoms with Crippen molar-refractivity contribution in [3.8, 4) is 23.0 Å². The van der Waals surface area contributed by atoms with Gasteiger partial charge in [-0.25, -0.2) is 0 Å². The van der Waals surface area contributed by atoms with Crippen molar-refractivity contribution in [3.63, 3.8) is 0 Å². The van der Waals surface area contributed by atoms with Crippen LogP contribution in [0.5, 0.6) is 23.0 Å². The van der Waals surface area contributed by atoms with Crippen molar-refractivity contribution in [1.82, 2.24) is 0 Å². The fourth-order valence-corrected chi connectivity index (χ4v) is 4.68. The maximum absolute atomic E-state index is 6.69. The summed E-state index contributed by atoms with van der Waals surface area (Å²) in [6.07, 6.45) is 4.59. The Bertz CT molecular complexity index is 847. The van der Waals surface area contributed by atoms with Gasteiger partial charge in [-0.2, -0.15) is 0 Å². The van der Waals surface area contributed by atoms with Gasteiger partial charge in [0.1, 0.15) is 6.10 Å². The van der Waals surface area contributed by atoms with Crippen molar-refractivity contribution < 1.29 is 23.7 Å². The fraction of sp³-hybridized carbons (Fsp3) is 0.478. The smallest absolute Gasteiger partial charge is 0.166 e. The minimum atomic E-state index is -0.237. The summed E-state index contributed by atoms with van der Waals surface area (Å²) in [7, 11) is 6.68. The van der Waals surface area contributed by atoms with Gasteiger partial charge in [-0.15, -0.1) is 0 Å². The average Bonchev–Trinajstić information content (AvgIpc) is 2.76. The third-order valence-electron chi connectivity index (χ3n) is 6.00. The number of ether oxygens (including phenoxy) is 5. The highest BCUT2D eigenvalue weighted by atomic mass is 16.5. The second kappa shape index (κ2) is 7.92. The van der Waals surface area contributed by atoms with Crippen LogP contribution in [-0.2, 0) is 4.74 Å². The number of fused-ring (bicyclic) bond motifs is 3. The summed E-state index contributed by atoms with van der Waals surface area (Å²) >= 11 is 0. The molecule has 4 rings (SSSR count). The van der Waals surface area contributed by atoms with Gasteiger partial charge in [0.15, 0.2) is 23.0 Å². The number of methoxy groups -OCH3 is 4. The first kappa shape index (κ1) is 18.9. The number of hydrogen-bond acceptors (Lipinski definition) is 5. The molecule has 1 heterocycles. The summed E-state index contributed by atoms with van der Waals surface area (Å²) in [6, 6.07) is 10.1. The van der Waals surface area contributed by atoms with Crippen LogP contribution in [0.2, 0.25) is 0 Å². The molecule has 0 bridgehead atoms. The Kier molecular flexibility index (Phi) is 5.36. The van der Waals surface area contributed by atoms with Gasteiger partial charge < -0.3 is 23.7 Å². The Hall–Kier alpha value is -2.40. The van der Waals surface area contributed by atoms with E-state index in [1.807, 2.05) is 12.1 Å². The van der Waals surface area contributed by atoms with E-state index in [4.69, 9.17) is 23.7 Å². The molecule has 0 amide bonds. The molecule has 1 aliphatic carbocycles. The summed E-state index contributed by atoms with van der Waals surface area (Å²) in [5.41, 5.74) is 3.38. The maximum atomic E-state index is 6.69. The first-order valence-corrected chi connectivity index (χ1v) is 9.84. The molecule has 3 atom stereocenters. The quantitative estimate of drug-likeness (QED) is 0.736. The summed E-state index contributed by atoms with van der Waals surface area (Å²) < 4.78 is 29.1. The highest BCUT2D eigenvalue weighted by Crippen LogP contribution is 2.51. The van der Waals surface area contributed by atoms with Crippen LogP contribution in [0.15, 0.2) is 30.3 Å². The van der Waals surface area contributed by atoms with E-state index in [0.717, 1.165) is 29.7 Å². The molecule has 1 saturated carbocycles. The molecular formula is C23H28O5. The van der Waals surface area contributed by atoms with E-state index in [0.29, 0.717) is 23.2 Å². The van der Waals surface area contributed by atoms with Crippen molar-refractivity contribution in [1.29, 1.82) is 0 Å². The molecule has 0 radical (unpaired) electrons. The number of benzene rings is 2. The van der Waals surface area contributed by atoms with Crippen LogP contribution < -0.4 is 18.9 Å². The van der Waals surface area contributed by atoms with E-state index in [2.05, 4.69) is 18.2 Å². The molecule has 1 aliphatic heterocycles. The summed E-state index contributed by atoms with van der Waals surface area (Å²) in [5.74, 6) is 3.28. The highest BCUT2D eigenvalue weighted by molar-refractivity contribution is 5.56. The minimum Gasteiger partial charge on any atom is -0.493 e. The number of hydrogen-bond donors (Lipinski definition) is 0. The predicted octanol–water partition coefficient (Wildman–Crippen LogP) is 4.87. The Labute approximate surface area is 166 Å². The molecular weight excluding hydrogens is 356 g/mol. The molecule has 150 valence electrons. The van der Waals surface area contributed by atoms with Crippen molar-refractivity contribution >= 4 is 0 Å². The van der Waals surface area contributed by atoms with Gasteiger partial charge in [-0.3, -0.25) is 0 Å². The SMILES string of the molecule is COc1cc2c(cc1OC)[C@@H]1CCCC[C@H]1O[C@H]2c1cccc(OC)c1OC. The van der Waals surface area contributed by atoms with E-state index in [1.54, 1.807) is 28.4 Å². The standard InChI is InChI=1S/C23H28O5/c1-24-19-11-7-9-15(23(19)27-4)22-17-13-21(26-3)20(25-2)12-16(17)14-8-5-6-10-18(14)28-22/h7,9,11-14,18,22H,5-6,8,10H2,1-4H3/t14-,18+,22-/m0/s1. The van der Waals surface area contributed by atoms with E-state index in [9.17, 15) is 0 Å². The zero-order chi connectivity index (χ0) is 19.7.